The Hall–Kier alpha value is -8.65. The zero-order valence-corrected chi connectivity index (χ0v) is 40.3. The fourth-order valence-corrected chi connectivity index (χ4v) is 11.1. The quantitative estimate of drug-likeness (QED) is 0.145. The van der Waals surface area contributed by atoms with Crippen molar-refractivity contribution in [3.8, 4) is 44.8 Å². The number of allylic oxidation sites excluding steroid dienone is 2. The Labute approximate surface area is 417 Å². The first-order valence-electron chi connectivity index (χ1n) is 24.8. The summed E-state index contributed by atoms with van der Waals surface area (Å²) in [5.41, 5.74) is 20.4. The van der Waals surface area contributed by atoms with Crippen molar-refractivity contribution in [1.82, 2.24) is 19.9 Å². The number of aromatic nitrogens is 4. The van der Waals surface area contributed by atoms with Crippen molar-refractivity contribution in [1.29, 1.82) is 0 Å². The second kappa shape index (κ2) is 17.3. The van der Waals surface area contributed by atoms with Gasteiger partial charge in [-0.05, 0) is 127 Å². The number of para-hydroxylation sites is 1. The molecule has 6 aromatic carbocycles. The molecule has 7 heteroatoms. The standard InChI is InChI=1S/C65H49N5O2/c1-39-35-52(44-26-24-41(25-27-44)15-14-34-71)46-28-29-47-53(43-18-9-5-10-19-43)37-57(69-61(47)60(46)66-39)55-30-31-58-59(68-55)50-23-13-22-49(63(50)72-58)56-38-54(45-20-11-6-12-21-45)65(3)33-32-48-51(42-16-7-4-8-17-42)36-40(2)67-62(48)64(65)70-56/h4-13,16-33,35-38,54,71H,14-15,34H2,1-3H3. The molecule has 1 aliphatic carbocycles. The van der Waals surface area contributed by atoms with E-state index in [4.69, 9.17) is 29.3 Å². The van der Waals surface area contributed by atoms with Gasteiger partial charge in [-0.1, -0.05) is 146 Å². The third-order valence-corrected chi connectivity index (χ3v) is 14.7. The molecule has 346 valence electrons. The predicted molar refractivity (Wildman–Crippen MR) is 294 cm³/mol. The number of pyridine rings is 4. The summed E-state index contributed by atoms with van der Waals surface area (Å²) in [6.45, 7) is 6.59. The molecule has 1 aliphatic heterocycles. The minimum Gasteiger partial charge on any atom is -0.454 e. The monoisotopic (exact) mass is 931 g/mol. The van der Waals surface area contributed by atoms with Gasteiger partial charge in [0, 0.05) is 56.6 Å². The van der Waals surface area contributed by atoms with Crippen LogP contribution in [0.1, 0.15) is 58.6 Å². The lowest BCUT2D eigenvalue weighted by Crippen LogP contribution is -2.38. The van der Waals surface area contributed by atoms with Gasteiger partial charge in [0.05, 0.1) is 39.5 Å². The van der Waals surface area contributed by atoms with E-state index in [0.717, 1.165) is 136 Å². The lowest BCUT2D eigenvalue weighted by molar-refractivity contribution is 0.288. The van der Waals surface area contributed by atoms with E-state index in [0.29, 0.717) is 5.58 Å². The number of rotatable bonds is 9. The third kappa shape index (κ3) is 7.27. The first-order valence-corrected chi connectivity index (χ1v) is 24.8. The number of nitrogens with zero attached hydrogens (tertiary/aromatic N) is 5. The normalized spacial score (nSPS) is 16.2. The molecule has 2 aliphatic rings. The van der Waals surface area contributed by atoms with Crippen LogP contribution in [0.5, 0.6) is 0 Å². The second-order valence-electron chi connectivity index (χ2n) is 19.4. The summed E-state index contributed by atoms with van der Waals surface area (Å²) in [5.74, 6) is -0.0383. The fourth-order valence-electron chi connectivity index (χ4n) is 11.1. The maximum Gasteiger partial charge on any atom is 0.153 e. The number of aliphatic imine (C=N–C) groups is 1. The van der Waals surface area contributed by atoms with Crippen LogP contribution >= 0.6 is 0 Å². The first kappa shape index (κ1) is 43.4. The van der Waals surface area contributed by atoms with Crippen molar-refractivity contribution in [3.05, 3.63) is 227 Å². The summed E-state index contributed by atoms with van der Waals surface area (Å²) in [4.78, 5) is 26.9. The molecule has 0 fully saturated rings. The van der Waals surface area contributed by atoms with Gasteiger partial charge in [0.25, 0.3) is 0 Å². The highest BCUT2D eigenvalue weighted by atomic mass is 16.3. The number of benzene rings is 6. The van der Waals surface area contributed by atoms with Crippen molar-refractivity contribution in [2.75, 3.05) is 6.61 Å². The Bertz CT molecular complexity index is 4050. The Balaban J connectivity index is 0.969. The van der Waals surface area contributed by atoms with Crippen LogP contribution in [0.4, 0.5) is 0 Å². The lowest BCUT2D eigenvalue weighted by Gasteiger charge is -2.41. The van der Waals surface area contributed by atoms with Crippen LogP contribution in [0, 0.1) is 19.3 Å². The van der Waals surface area contributed by atoms with E-state index >= 15 is 0 Å². The van der Waals surface area contributed by atoms with Crippen LogP contribution in [0.3, 0.4) is 0 Å². The third-order valence-electron chi connectivity index (χ3n) is 14.7. The highest BCUT2D eigenvalue weighted by Gasteiger charge is 2.44. The summed E-state index contributed by atoms with van der Waals surface area (Å²) in [6.07, 6.45) is 8.48. The molecule has 0 bridgehead atoms. The van der Waals surface area contributed by atoms with Crippen LogP contribution in [0.2, 0.25) is 0 Å². The molecule has 5 aromatic heterocycles. The molecule has 7 nitrogen and oxygen atoms in total. The highest BCUT2D eigenvalue weighted by molar-refractivity contribution is 6.16. The molecule has 1 N–H and O–H groups in total. The largest absolute Gasteiger partial charge is 0.454 e. The number of aryl methyl sites for hydroxylation is 3. The van der Waals surface area contributed by atoms with Crippen LogP contribution < -0.4 is 0 Å². The highest BCUT2D eigenvalue weighted by Crippen LogP contribution is 2.51. The summed E-state index contributed by atoms with van der Waals surface area (Å²) in [7, 11) is 0. The molecule has 72 heavy (non-hydrogen) atoms. The maximum atomic E-state index is 9.42. The van der Waals surface area contributed by atoms with E-state index in [1.54, 1.807) is 0 Å². The first-order chi connectivity index (χ1) is 35.3. The van der Waals surface area contributed by atoms with Crippen molar-refractivity contribution >= 4 is 61.4 Å². The van der Waals surface area contributed by atoms with E-state index in [1.165, 1.54) is 11.1 Å². The summed E-state index contributed by atoms with van der Waals surface area (Å²) >= 11 is 0. The molecule has 2 atom stereocenters. The molecule has 13 rings (SSSR count). The van der Waals surface area contributed by atoms with Crippen LogP contribution in [0.25, 0.3) is 100 Å². The Morgan fingerprint density at radius 1 is 0.556 bits per heavy atom. The molecule has 0 radical (unpaired) electrons. The molecule has 0 saturated carbocycles. The summed E-state index contributed by atoms with van der Waals surface area (Å²) in [5, 5.41) is 12.4. The number of fused-ring (bicyclic) bond motifs is 9. The van der Waals surface area contributed by atoms with Crippen molar-refractivity contribution in [2.45, 2.75) is 39.5 Å². The van der Waals surface area contributed by atoms with E-state index in [2.05, 4.69) is 190 Å². The minimum atomic E-state index is -0.468. The van der Waals surface area contributed by atoms with Gasteiger partial charge < -0.3 is 9.52 Å². The van der Waals surface area contributed by atoms with Gasteiger partial charge in [0.1, 0.15) is 11.1 Å². The molecular formula is C65H49N5O2. The van der Waals surface area contributed by atoms with Crippen LogP contribution in [0.15, 0.2) is 197 Å². The maximum absolute atomic E-state index is 9.42. The molecule has 0 saturated heterocycles. The fraction of sp³-hybridized carbons (Fsp3) is 0.123. The average molecular weight is 932 g/mol. The Morgan fingerprint density at radius 3 is 1.93 bits per heavy atom. The lowest BCUT2D eigenvalue weighted by atomic mass is 9.64. The summed E-state index contributed by atoms with van der Waals surface area (Å²) in [6, 6.07) is 61.6. The molecule has 6 heterocycles. The van der Waals surface area contributed by atoms with Gasteiger partial charge in [0.15, 0.2) is 5.58 Å². The van der Waals surface area contributed by atoms with Gasteiger partial charge in [-0.25, -0.2) is 15.0 Å². The molecular weight excluding hydrogens is 883 g/mol. The zero-order chi connectivity index (χ0) is 48.5. The topological polar surface area (TPSA) is 97.3 Å². The smallest absolute Gasteiger partial charge is 0.153 e. The Morgan fingerprint density at radius 2 is 1.19 bits per heavy atom. The van der Waals surface area contributed by atoms with Gasteiger partial charge >= 0.3 is 0 Å². The van der Waals surface area contributed by atoms with Crippen molar-refractivity contribution < 1.29 is 9.52 Å². The van der Waals surface area contributed by atoms with Gasteiger partial charge in [-0.2, -0.15) is 0 Å². The van der Waals surface area contributed by atoms with Crippen LogP contribution in [-0.4, -0.2) is 37.4 Å². The van der Waals surface area contributed by atoms with Gasteiger partial charge in [-0.15, -0.1) is 0 Å². The second-order valence-corrected chi connectivity index (χ2v) is 19.4. The van der Waals surface area contributed by atoms with Crippen molar-refractivity contribution in [2.24, 2.45) is 10.4 Å². The number of aliphatic hydroxyl groups excluding tert-OH is 1. The number of hydrogen-bond acceptors (Lipinski definition) is 7. The van der Waals surface area contributed by atoms with Gasteiger partial charge in [-0.3, -0.25) is 9.97 Å². The summed E-state index contributed by atoms with van der Waals surface area (Å²) < 4.78 is 6.87. The Kier molecular flexibility index (Phi) is 10.4. The van der Waals surface area contributed by atoms with E-state index < -0.39 is 5.41 Å². The number of hydrogen-bond donors (Lipinski definition) is 1. The van der Waals surface area contributed by atoms with E-state index in [-0.39, 0.29) is 12.5 Å². The van der Waals surface area contributed by atoms with E-state index in [9.17, 15) is 5.11 Å². The molecule has 0 amide bonds. The molecule has 11 aromatic rings. The minimum absolute atomic E-state index is 0.0383. The SMILES string of the molecule is Cc1cc(-c2ccccc2)c2c(n1)C1=NC(c3cccc4c3oc3ccc(-c5cc(-c6ccccc6)c6ccc7c(-c8ccc(CCCO)cc8)cc(C)nc7c6n5)nc34)=CC(c3ccccc3)C1(C)C=C2. The predicted octanol–water partition coefficient (Wildman–Crippen LogP) is 15.3. The zero-order valence-electron chi connectivity index (χ0n) is 40.3. The molecule has 2 unspecified atom stereocenters. The number of aliphatic hydroxyl groups is 1. The van der Waals surface area contributed by atoms with Crippen molar-refractivity contribution in [3.63, 3.8) is 0 Å². The van der Waals surface area contributed by atoms with E-state index in [1.807, 2.05) is 25.1 Å². The van der Waals surface area contributed by atoms with Gasteiger partial charge in [0.2, 0.25) is 0 Å². The van der Waals surface area contributed by atoms with Crippen LogP contribution in [-0.2, 0) is 6.42 Å². The number of furan rings is 1. The average Bonchev–Trinajstić information content (AvgIpc) is 3.80. The molecule has 0 spiro atoms.